The summed E-state index contributed by atoms with van der Waals surface area (Å²) in [5.74, 6) is 0.481. The monoisotopic (exact) mass is 288 g/mol. The van der Waals surface area contributed by atoms with Crippen LogP contribution in [-0.2, 0) is 11.2 Å². The Bertz CT molecular complexity index is 699. The molecule has 1 aromatic heterocycles. The van der Waals surface area contributed by atoms with Crippen molar-refractivity contribution in [2.75, 3.05) is 0 Å². The van der Waals surface area contributed by atoms with Gasteiger partial charge in [-0.05, 0) is 44.4 Å². The van der Waals surface area contributed by atoms with E-state index in [2.05, 4.69) is 6.92 Å². The van der Waals surface area contributed by atoms with Crippen LogP contribution >= 0.6 is 0 Å². The number of carbonyl (C=O) groups is 1. The van der Waals surface area contributed by atoms with E-state index in [9.17, 15) is 9.59 Å². The maximum Gasteiger partial charge on any atom is 0.336 e. The Labute approximate surface area is 123 Å². The second-order valence-corrected chi connectivity index (χ2v) is 5.22. The molecule has 2 rings (SSSR count). The fraction of sp³-hybridized carbons (Fsp3) is 0.412. The summed E-state index contributed by atoms with van der Waals surface area (Å²) in [6.45, 7) is 5.29. The summed E-state index contributed by atoms with van der Waals surface area (Å²) < 4.78 is 10.8. The number of aryl methyl sites for hydroxylation is 1. The SMILES string of the molecule is CCCCc1cc(=O)oc2cc(O[C@@H](C)C(C)=O)ccc12. The number of benzene rings is 1. The summed E-state index contributed by atoms with van der Waals surface area (Å²) in [7, 11) is 0. The Morgan fingerprint density at radius 3 is 2.76 bits per heavy atom. The first-order valence-corrected chi connectivity index (χ1v) is 7.25. The van der Waals surface area contributed by atoms with Crippen LogP contribution in [0.5, 0.6) is 5.75 Å². The first-order chi connectivity index (χ1) is 10.0. The third-order valence-corrected chi connectivity index (χ3v) is 3.49. The van der Waals surface area contributed by atoms with Crippen molar-refractivity contribution in [1.29, 1.82) is 0 Å². The minimum atomic E-state index is -0.516. The Kier molecular flexibility index (Phi) is 4.78. The highest BCUT2D eigenvalue weighted by atomic mass is 16.5. The molecular weight excluding hydrogens is 268 g/mol. The fourth-order valence-corrected chi connectivity index (χ4v) is 2.14. The van der Waals surface area contributed by atoms with E-state index in [1.54, 1.807) is 25.1 Å². The van der Waals surface area contributed by atoms with E-state index in [1.165, 1.54) is 6.92 Å². The molecule has 112 valence electrons. The minimum absolute atomic E-state index is 0.0479. The van der Waals surface area contributed by atoms with Gasteiger partial charge in [0.15, 0.2) is 11.9 Å². The molecule has 21 heavy (non-hydrogen) atoms. The average Bonchev–Trinajstić information content (AvgIpc) is 2.44. The number of unbranched alkanes of at least 4 members (excludes halogenated alkanes) is 1. The van der Waals surface area contributed by atoms with Gasteiger partial charge in [-0.15, -0.1) is 0 Å². The van der Waals surface area contributed by atoms with Crippen LogP contribution in [0.15, 0.2) is 33.5 Å². The molecule has 0 spiro atoms. The van der Waals surface area contributed by atoms with E-state index in [0.717, 1.165) is 30.2 Å². The van der Waals surface area contributed by atoms with E-state index in [4.69, 9.17) is 9.15 Å². The number of rotatable bonds is 6. The van der Waals surface area contributed by atoms with Gasteiger partial charge in [0.25, 0.3) is 0 Å². The van der Waals surface area contributed by atoms with Gasteiger partial charge in [-0.2, -0.15) is 0 Å². The van der Waals surface area contributed by atoms with Gasteiger partial charge in [-0.25, -0.2) is 4.79 Å². The minimum Gasteiger partial charge on any atom is -0.483 e. The highest BCUT2D eigenvalue weighted by Gasteiger charge is 2.11. The first-order valence-electron chi connectivity index (χ1n) is 7.25. The van der Waals surface area contributed by atoms with Gasteiger partial charge in [-0.1, -0.05) is 13.3 Å². The van der Waals surface area contributed by atoms with Crippen molar-refractivity contribution >= 4 is 16.8 Å². The number of carbonyl (C=O) groups excluding carboxylic acids is 1. The van der Waals surface area contributed by atoms with Crippen molar-refractivity contribution in [3.05, 3.63) is 40.2 Å². The summed E-state index contributed by atoms with van der Waals surface area (Å²) in [6.07, 6.45) is 2.43. The Morgan fingerprint density at radius 2 is 2.10 bits per heavy atom. The molecule has 0 N–H and O–H groups in total. The molecule has 0 aliphatic heterocycles. The summed E-state index contributed by atoms with van der Waals surface area (Å²) >= 11 is 0. The molecule has 1 atom stereocenters. The molecule has 0 amide bonds. The highest BCUT2D eigenvalue weighted by Crippen LogP contribution is 2.24. The van der Waals surface area contributed by atoms with Crippen molar-refractivity contribution in [3.63, 3.8) is 0 Å². The van der Waals surface area contributed by atoms with E-state index in [1.807, 2.05) is 6.07 Å². The third-order valence-electron chi connectivity index (χ3n) is 3.49. The molecule has 0 radical (unpaired) electrons. The molecule has 0 fully saturated rings. The highest BCUT2D eigenvalue weighted by molar-refractivity contribution is 5.82. The van der Waals surface area contributed by atoms with Gasteiger partial charge in [0.2, 0.25) is 0 Å². The third kappa shape index (κ3) is 3.72. The molecule has 4 heteroatoms. The van der Waals surface area contributed by atoms with Crippen molar-refractivity contribution in [1.82, 2.24) is 0 Å². The topological polar surface area (TPSA) is 56.5 Å². The zero-order valence-corrected chi connectivity index (χ0v) is 12.6. The van der Waals surface area contributed by atoms with Crippen molar-refractivity contribution in [3.8, 4) is 5.75 Å². The van der Waals surface area contributed by atoms with E-state index < -0.39 is 6.10 Å². The van der Waals surface area contributed by atoms with Crippen LogP contribution in [0.4, 0.5) is 0 Å². The smallest absolute Gasteiger partial charge is 0.336 e. The lowest BCUT2D eigenvalue weighted by Crippen LogP contribution is -2.20. The maximum absolute atomic E-state index is 11.6. The van der Waals surface area contributed by atoms with Gasteiger partial charge in [0.1, 0.15) is 11.3 Å². The van der Waals surface area contributed by atoms with Crippen LogP contribution in [0.1, 0.15) is 39.2 Å². The lowest BCUT2D eigenvalue weighted by Gasteiger charge is -2.12. The number of hydrogen-bond donors (Lipinski definition) is 0. The molecule has 0 bridgehead atoms. The standard InChI is InChI=1S/C17H20O4/c1-4-5-6-13-9-17(19)21-16-10-14(7-8-15(13)16)20-12(3)11(2)18/h7-10,12H,4-6H2,1-3H3/t12-/m0/s1. The first kappa shape index (κ1) is 15.3. The number of hydrogen-bond acceptors (Lipinski definition) is 4. The molecule has 0 unspecified atom stereocenters. The summed E-state index contributed by atoms with van der Waals surface area (Å²) in [5, 5.41) is 0.922. The fourth-order valence-electron chi connectivity index (χ4n) is 2.14. The number of fused-ring (bicyclic) bond motifs is 1. The van der Waals surface area contributed by atoms with Crippen LogP contribution in [0.2, 0.25) is 0 Å². The van der Waals surface area contributed by atoms with Crippen molar-refractivity contribution < 1.29 is 13.9 Å². The summed E-state index contributed by atoms with van der Waals surface area (Å²) in [6, 6.07) is 6.91. The van der Waals surface area contributed by atoms with Gasteiger partial charge in [0, 0.05) is 17.5 Å². The van der Waals surface area contributed by atoms with Crippen LogP contribution in [0.3, 0.4) is 0 Å². The summed E-state index contributed by atoms with van der Waals surface area (Å²) in [4.78, 5) is 22.9. The molecule has 0 saturated carbocycles. The van der Waals surface area contributed by atoms with Crippen LogP contribution in [-0.4, -0.2) is 11.9 Å². The van der Waals surface area contributed by atoms with E-state index >= 15 is 0 Å². The van der Waals surface area contributed by atoms with Gasteiger partial charge < -0.3 is 9.15 Å². The average molecular weight is 288 g/mol. The van der Waals surface area contributed by atoms with E-state index in [-0.39, 0.29) is 11.4 Å². The second kappa shape index (κ2) is 6.57. The number of ketones is 1. The van der Waals surface area contributed by atoms with E-state index in [0.29, 0.717) is 11.3 Å². The number of ether oxygens (including phenoxy) is 1. The van der Waals surface area contributed by atoms with Crippen LogP contribution in [0, 0.1) is 0 Å². The maximum atomic E-state index is 11.6. The predicted octanol–water partition coefficient (Wildman–Crippen LogP) is 3.49. The molecule has 0 aliphatic rings. The summed E-state index contributed by atoms with van der Waals surface area (Å²) in [5.41, 5.74) is 1.14. The molecule has 0 aliphatic carbocycles. The molecule has 2 aromatic rings. The zero-order chi connectivity index (χ0) is 15.4. The van der Waals surface area contributed by atoms with Gasteiger partial charge in [-0.3, -0.25) is 4.79 Å². The molecular formula is C17H20O4. The van der Waals surface area contributed by atoms with Gasteiger partial charge in [0.05, 0.1) is 0 Å². The molecule has 0 saturated heterocycles. The largest absolute Gasteiger partial charge is 0.483 e. The van der Waals surface area contributed by atoms with Crippen molar-refractivity contribution in [2.45, 2.75) is 46.1 Å². The van der Waals surface area contributed by atoms with Crippen molar-refractivity contribution in [2.24, 2.45) is 0 Å². The molecule has 4 nitrogen and oxygen atoms in total. The number of Topliss-reactive ketones (excluding diaryl/α,β-unsaturated/α-hetero) is 1. The Balaban J connectivity index is 2.39. The van der Waals surface area contributed by atoms with Crippen LogP contribution in [0.25, 0.3) is 11.0 Å². The normalized spacial score (nSPS) is 12.3. The lowest BCUT2D eigenvalue weighted by atomic mass is 10.0. The quantitative estimate of drug-likeness (QED) is 0.763. The molecule has 1 aromatic carbocycles. The second-order valence-electron chi connectivity index (χ2n) is 5.22. The zero-order valence-electron chi connectivity index (χ0n) is 12.6. The predicted molar refractivity (Wildman–Crippen MR) is 81.9 cm³/mol. The lowest BCUT2D eigenvalue weighted by molar-refractivity contribution is -0.122. The van der Waals surface area contributed by atoms with Crippen LogP contribution < -0.4 is 10.4 Å². The Hall–Kier alpha value is -2.10. The molecule has 1 heterocycles. The Morgan fingerprint density at radius 1 is 1.33 bits per heavy atom. The van der Waals surface area contributed by atoms with Gasteiger partial charge >= 0.3 is 5.63 Å².